The molecule has 7 nitrogen and oxygen atoms in total. The van der Waals surface area contributed by atoms with E-state index in [0.29, 0.717) is 5.13 Å². The zero-order chi connectivity index (χ0) is 19.4. The van der Waals surface area contributed by atoms with Crippen molar-refractivity contribution in [3.8, 4) is 0 Å². The molecule has 1 heterocycles. The van der Waals surface area contributed by atoms with Crippen molar-refractivity contribution in [2.24, 2.45) is 5.41 Å². The van der Waals surface area contributed by atoms with Crippen LogP contribution in [0.15, 0.2) is 33.6 Å². The van der Waals surface area contributed by atoms with Crippen molar-refractivity contribution in [3.63, 3.8) is 0 Å². The van der Waals surface area contributed by atoms with E-state index in [-0.39, 0.29) is 29.2 Å². The predicted octanol–water partition coefficient (Wildman–Crippen LogP) is 3.20. The molecule has 0 radical (unpaired) electrons. The van der Waals surface area contributed by atoms with Crippen LogP contribution in [0.2, 0.25) is 0 Å². The number of hydrogen-bond acceptors (Lipinski definition) is 6. The lowest BCUT2D eigenvalue weighted by molar-refractivity contribution is -0.116. The van der Waals surface area contributed by atoms with E-state index in [2.05, 4.69) is 56.9 Å². The summed E-state index contributed by atoms with van der Waals surface area (Å²) < 4.78 is 27.5. The third-order valence-electron chi connectivity index (χ3n) is 3.16. The summed E-state index contributed by atoms with van der Waals surface area (Å²) in [5.41, 5.74) is 0.0894. The second-order valence-electron chi connectivity index (χ2n) is 6.89. The quantitative estimate of drug-likeness (QED) is 0.660. The average Bonchev–Trinajstić information content (AvgIpc) is 2.92. The van der Waals surface area contributed by atoms with Crippen LogP contribution >= 0.6 is 27.3 Å². The summed E-state index contributed by atoms with van der Waals surface area (Å²) in [6.07, 6.45) is 0.775. The monoisotopic (exact) mass is 460 g/mol. The Labute approximate surface area is 165 Å². The molecule has 2 N–H and O–H groups in total. The Morgan fingerprint density at radius 1 is 1.19 bits per heavy atom. The largest absolute Gasteiger partial charge is 0.300 e. The fourth-order valence-electron chi connectivity index (χ4n) is 2.01. The molecule has 2 rings (SSSR count). The first-order valence-electron chi connectivity index (χ1n) is 7.93. The van der Waals surface area contributed by atoms with Crippen molar-refractivity contribution in [1.29, 1.82) is 0 Å². The number of amides is 1. The number of aromatic nitrogens is 2. The first-order valence-corrected chi connectivity index (χ1v) is 11.0. The summed E-state index contributed by atoms with van der Waals surface area (Å²) in [5.74, 6) is -0.318. The van der Waals surface area contributed by atoms with Crippen LogP contribution in [-0.2, 0) is 21.2 Å². The molecule has 142 valence electrons. The third-order valence-corrected chi connectivity index (χ3v) is 6.01. The number of halogens is 1. The van der Waals surface area contributed by atoms with Gasteiger partial charge in [0.2, 0.25) is 21.1 Å². The second kappa shape index (κ2) is 8.55. The van der Waals surface area contributed by atoms with Gasteiger partial charge in [-0.05, 0) is 29.7 Å². The van der Waals surface area contributed by atoms with Gasteiger partial charge in [-0.2, -0.15) is 0 Å². The lowest BCUT2D eigenvalue weighted by atomic mass is 9.93. The van der Waals surface area contributed by atoms with E-state index in [0.717, 1.165) is 15.9 Å². The number of anilines is 1. The highest BCUT2D eigenvalue weighted by Gasteiger charge is 2.17. The molecule has 0 aliphatic heterocycles. The maximum absolute atomic E-state index is 12.1. The van der Waals surface area contributed by atoms with E-state index in [9.17, 15) is 13.2 Å². The van der Waals surface area contributed by atoms with E-state index >= 15 is 0 Å². The second-order valence-corrected chi connectivity index (χ2v) is 10.6. The maximum Gasteiger partial charge on any atom is 0.240 e. The van der Waals surface area contributed by atoms with Crippen molar-refractivity contribution < 1.29 is 13.2 Å². The molecule has 10 heteroatoms. The molecule has 0 aliphatic carbocycles. The van der Waals surface area contributed by atoms with Crippen molar-refractivity contribution in [2.75, 3.05) is 11.9 Å². The normalized spacial score (nSPS) is 12.2. The van der Waals surface area contributed by atoms with Gasteiger partial charge in [-0.25, -0.2) is 13.1 Å². The topological polar surface area (TPSA) is 101 Å². The van der Waals surface area contributed by atoms with Crippen LogP contribution in [0.25, 0.3) is 0 Å². The number of nitrogens with one attached hydrogen (secondary N) is 2. The number of carbonyl (C=O) groups excluding carboxylic acids is 1. The number of hydrogen-bond donors (Lipinski definition) is 2. The number of rotatable bonds is 7. The summed E-state index contributed by atoms with van der Waals surface area (Å²) in [6, 6.07) is 6.27. The highest BCUT2D eigenvalue weighted by atomic mass is 79.9. The van der Waals surface area contributed by atoms with E-state index < -0.39 is 10.0 Å². The fourth-order valence-corrected chi connectivity index (χ4v) is 4.36. The molecule has 0 spiro atoms. The Hall–Kier alpha value is -1.36. The molecule has 0 unspecified atom stereocenters. The SMILES string of the molecule is CC(C)(C)Cc1nnc(NC(=O)CCNS(=O)(=O)c2ccc(Br)cc2)s1. The molecule has 1 amide bonds. The van der Waals surface area contributed by atoms with Crippen molar-refractivity contribution in [2.45, 2.75) is 38.5 Å². The van der Waals surface area contributed by atoms with E-state index in [1.54, 1.807) is 12.1 Å². The highest BCUT2D eigenvalue weighted by molar-refractivity contribution is 9.10. The molecule has 0 bridgehead atoms. The Kier molecular flexibility index (Phi) is 6.89. The molecular formula is C16H21BrN4O3S2. The van der Waals surface area contributed by atoms with E-state index in [1.807, 2.05) is 0 Å². The van der Waals surface area contributed by atoms with Gasteiger partial charge in [0.15, 0.2) is 0 Å². The fraction of sp³-hybridized carbons (Fsp3) is 0.438. The van der Waals surface area contributed by atoms with Crippen molar-refractivity contribution in [3.05, 3.63) is 33.7 Å². The van der Waals surface area contributed by atoms with Crippen LogP contribution in [0.3, 0.4) is 0 Å². The average molecular weight is 461 g/mol. The Bertz CT molecular complexity index is 858. The van der Waals surface area contributed by atoms with Crippen LogP contribution < -0.4 is 10.0 Å². The summed E-state index contributed by atoms with van der Waals surface area (Å²) >= 11 is 4.58. The number of sulfonamides is 1. The first-order chi connectivity index (χ1) is 12.0. The van der Waals surface area contributed by atoms with Crippen LogP contribution in [0.4, 0.5) is 5.13 Å². The molecule has 2 aromatic rings. The Morgan fingerprint density at radius 2 is 1.85 bits per heavy atom. The zero-order valence-electron chi connectivity index (χ0n) is 14.7. The Balaban J connectivity index is 1.83. The number of benzene rings is 1. The van der Waals surface area contributed by atoms with Crippen molar-refractivity contribution >= 4 is 48.3 Å². The van der Waals surface area contributed by atoms with E-state index in [4.69, 9.17) is 0 Å². The van der Waals surface area contributed by atoms with Gasteiger partial charge in [0.25, 0.3) is 0 Å². The standard InChI is InChI=1S/C16H21BrN4O3S2/c1-16(2,3)10-14-20-21-15(25-14)19-13(22)8-9-18-26(23,24)12-6-4-11(17)5-7-12/h4-7,18H,8-10H2,1-3H3,(H,19,21,22). The molecule has 0 aliphatic rings. The van der Waals surface area contributed by atoms with E-state index in [1.165, 1.54) is 23.5 Å². The molecule has 1 aromatic heterocycles. The zero-order valence-corrected chi connectivity index (χ0v) is 18.0. The minimum Gasteiger partial charge on any atom is -0.300 e. The molecule has 26 heavy (non-hydrogen) atoms. The number of carbonyl (C=O) groups is 1. The van der Waals surface area contributed by atoms with Gasteiger partial charge in [-0.1, -0.05) is 48.0 Å². The lowest BCUT2D eigenvalue weighted by Crippen LogP contribution is -2.27. The minimum absolute atomic E-state index is 0.00210. The van der Waals surface area contributed by atoms with Crippen LogP contribution in [0, 0.1) is 5.41 Å². The molecule has 0 saturated carbocycles. The minimum atomic E-state index is -3.64. The third kappa shape index (κ3) is 6.75. The highest BCUT2D eigenvalue weighted by Crippen LogP contribution is 2.24. The molecule has 0 fully saturated rings. The van der Waals surface area contributed by atoms with Gasteiger partial charge < -0.3 is 5.32 Å². The first kappa shape index (κ1) is 20.9. The summed E-state index contributed by atoms with van der Waals surface area (Å²) in [6.45, 7) is 6.30. The predicted molar refractivity (Wildman–Crippen MR) is 106 cm³/mol. The molecule has 1 aromatic carbocycles. The van der Waals surface area contributed by atoms with Crippen LogP contribution in [0.5, 0.6) is 0 Å². The molecule has 0 saturated heterocycles. The van der Waals surface area contributed by atoms with Gasteiger partial charge in [-0.15, -0.1) is 10.2 Å². The number of nitrogens with zero attached hydrogens (tertiary/aromatic N) is 2. The molecular weight excluding hydrogens is 440 g/mol. The Morgan fingerprint density at radius 3 is 2.46 bits per heavy atom. The van der Waals surface area contributed by atoms with Crippen molar-refractivity contribution in [1.82, 2.24) is 14.9 Å². The van der Waals surface area contributed by atoms with Gasteiger partial charge in [-0.3, -0.25) is 4.79 Å². The summed E-state index contributed by atoms with van der Waals surface area (Å²) in [5, 5.41) is 11.9. The smallest absolute Gasteiger partial charge is 0.240 e. The lowest BCUT2D eigenvalue weighted by Gasteiger charge is -2.14. The molecule has 0 atom stereocenters. The van der Waals surface area contributed by atoms with Gasteiger partial charge in [0.05, 0.1) is 4.90 Å². The summed E-state index contributed by atoms with van der Waals surface area (Å²) in [4.78, 5) is 12.1. The van der Waals surface area contributed by atoms with Gasteiger partial charge >= 0.3 is 0 Å². The maximum atomic E-state index is 12.1. The van der Waals surface area contributed by atoms with Crippen LogP contribution in [-0.4, -0.2) is 31.1 Å². The summed E-state index contributed by atoms with van der Waals surface area (Å²) in [7, 11) is -3.64. The van der Waals surface area contributed by atoms with Crippen LogP contribution in [0.1, 0.15) is 32.2 Å². The van der Waals surface area contributed by atoms with Gasteiger partial charge in [0.1, 0.15) is 5.01 Å². The van der Waals surface area contributed by atoms with Gasteiger partial charge in [0, 0.05) is 23.9 Å².